The van der Waals surface area contributed by atoms with Crippen molar-refractivity contribution in [2.45, 2.75) is 118 Å². The maximum Gasteiger partial charge on any atom is 0.285 e. The molecule has 8 nitrogen and oxygen atoms in total. The Morgan fingerprint density at radius 1 is 1.03 bits per heavy atom. The molecule has 4 unspecified atom stereocenters. The molecule has 3 amide bonds. The maximum atomic E-state index is 14.3. The van der Waals surface area contributed by atoms with Gasteiger partial charge >= 0.3 is 0 Å². The van der Waals surface area contributed by atoms with Crippen molar-refractivity contribution < 1.29 is 19.2 Å². The number of Topliss-reactive ketones (excluding diaryl/α,β-unsaturated/α-hetero) is 1. The second kappa shape index (κ2) is 11.3. The Hall–Kier alpha value is -1.96. The van der Waals surface area contributed by atoms with Crippen molar-refractivity contribution in [3.05, 3.63) is 0 Å². The van der Waals surface area contributed by atoms with Crippen LogP contribution in [0.2, 0.25) is 0 Å². The zero-order chi connectivity index (χ0) is 28.6. The number of amides is 3. The molecule has 0 spiro atoms. The summed E-state index contributed by atoms with van der Waals surface area (Å²) in [5, 5.41) is 3.70. The second-order valence-electron chi connectivity index (χ2n) is 15.1. The van der Waals surface area contributed by atoms with E-state index in [1.54, 1.807) is 0 Å². The summed E-state index contributed by atoms with van der Waals surface area (Å²) in [6, 6.07) is -0.904. The fraction of sp³-hybridized carbons (Fsp3) is 0.867. The van der Waals surface area contributed by atoms with Gasteiger partial charge in [0.25, 0.3) is 5.91 Å². The van der Waals surface area contributed by atoms with Gasteiger partial charge in [-0.25, -0.2) is 0 Å². The van der Waals surface area contributed by atoms with Gasteiger partial charge < -0.3 is 20.9 Å². The van der Waals surface area contributed by atoms with Crippen molar-refractivity contribution in [2.24, 2.45) is 33.8 Å². The smallest absolute Gasteiger partial charge is 0.285 e. The summed E-state index contributed by atoms with van der Waals surface area (Å²) in [4.78, 5) is 55.8. The van der Waals surface area contributed by atoms with Crippen LogP contribution in [0.1, 0.15) is 100 Å². The fourth-order valence-electron chi connectivity index (χ4n) is 6.04. The van der Waals surface area contributed by atoms with E-state index >= 15 is 0 Å². The third kappa shape index (κ3) is 7.57. The first-order valence-electron chi connectivity index (χ1n) is 14.6. The summed E-state index contributed by atoms with van der Waals surface area (Å²) < 4.78 is 0. The lowest BCUT2D eigenvalue weighted by atomic mass is 9.79. The molecule has 8 heteroatoms. The average Bonchev–Trinajstić information content (AvgIpc) is 3.46. The van der Waals surface area contributed by atoms with E-state index in [4.69, 9.17) is 5.73 Å². The molecule has 0 aromatic carbocycles. The highest BCUT2D eigenvalue weighted by Gasteiger charge is 2.46. The van der Waals surface area contributed by atoms with Crippen LogP contribution in [-0.2, 0) is 19.2 Å². The molecule has 2 saturated heterocycles. The topological polar surface area (TPSA) is 113 Å². The predicted molar refractivity (Wildman–Crippen MR) is 149 cm³/mol. The number of carbonyl (C=O) groups excluding carboxylic acids is 4. The van der Waals surface area contributed by atoms with E-state index in [9.17, 15) is 19.2 Å². The number of nitrogens with one attached hydrogen (secondary N) is 1. The first-order valence-corrected chi connectivity index (χ1v) is 14.6. The molecule has 1 aliphatic carbocycles. The molecule has 0 aromatic rings. The van der Waals surface area contributed by atoms with Gasteiger partial charge in [-0.3, -0.25) is 19.2 Å². The van der Waals surface area contributed by atoms with Gasteiger partial charge in [-0.05, 0) is 47.8 Å². The molecule has 4 atom stereocenters. The number of hydrogen-bond donors (Lipinski definition) is 2. The van der Waals surface area contributed by atoms with Crippen molar-refractivity contribution in [1.82, 2.24) is 15.1 Å². The minimum Gasteiger partial charge on any atom is -0.363 e. The van der Waals surface area contributed by atoms with Crippen molar-refractivity contribution in [1.29, 1.82) is 0 Å². The quantitative estimate of drug-likeness (QED) is 0.418. The third-order valence-electron chi connectivity index (χ3n) is 8.88. The highest BCUT2D eigenvalue weighted by molar-refractivity contribution is 6.36. The van der Waals surface area contributed by atoms with Gasteiger partial charge in [0.1, 0.15) is 0 Å². The van der Waals surface area contributed by atoms with Gasteiger partial charge in [0, 0.05) is 44.1 Å². The van der Waals surface area contributed by atoms with E-state index in [2.05, 4.69) is 60.7 Å². The molecule has 0 radical (unpaired) electrons. The Bertz CT molecular complexity index is 912. The van der Waals surface area contributed by atoms with Crippen molar-refractivity contribution >= 4 is 23.5 Å². The number of rotatable bonds is 10. The van der Waals surface area contributed by atoms with Crippen LogP contribution in [0.5, 0.6) is 0 Å². The molecule has 3 fully saturated rings. The Morgan fingerprint density at radius 2 is 1.66 bits per heavy atom. The largest absolute Gasteiger partial charge is 0.363 e. The summed E-state index contributed by atoms with van der Waals surface area (Å²) >= 11 is 0. The predicted octanol–water partition coefficient (Wildman–Crippen LogP) is 3.52. The lowest BCUT2D eigenvalue weighted by Crippen LogP contribution is -2.62. The Morgan fingerprint density at radius 3 is 2.16 bits per heavy atom. The standard InChI is InChI=1S/C30H52N4O4/c1-28(2,3)22(18-33-15-13-30(7,8)17-23(33)35)32-25(29(4,5)6)27(38)34-14-9-10-21(34)20(16-19-11-12-19)24(36)26(31)37/h19-22,25,32H,9-18H2,1-8H3,(H2,31,37). The molecule has 2 heterocycles. The van der Waals surface area contributed by atoms with Crippen LogP contribution in [0.25, 0.3) is 0 Å². The van der Waals surface area contributed by atoms with Crippen molar-refractivity contribution in [3.8, 4) is 0 Å². The number of ketones is 1. The normalized spacial score (nSPS) is 24.7. The van der Waals surface area contributed by atoms with Gasteiger partial charge in [0.05, 0.1) is 6.04 Å². The second-order valence-corrected chi connectivity index (χ2v) is 15.1. The van der Waals surface area contributed by atoms with E-state index in [0.717, 1.165) is 32.2 Å². The summed E-state index contributed by atoms with van der Waals surface area (Å²) in [6.45, 7) is 18.7. The Balaban J connectivity index is 1.83. The fourth-order valence-corrected chi connectivity index (χ4v) is 6.04. The maximum absolute atomic E-state index is 14.3. The zero-order valence-electron chi connectivity index (χ0n) is 25.1. The molecule has 0 bridgehead atoms. The van der Waals surface area contributed by atoms with Crippen molar-refractivity contribution in [3.63, 3.8) is 0 Å². The number of likely N-dealkylation sites (tertiary alicyclic amines) is 2. The number of nitrogens with two attached hydrogens (primary N) is 1. The molecule has 0 aromatic heterocycles. The number of hydrogen-bond acceptors (Lipinski definition) is 5. The van der Waals surface area contributed by atoms with Crippen LogP contribution in [0.4, 0.5) is 0 Å². The average molecular weight is 533 g/mol. The first kappa shape index (κ1) is 30.6. The highest BCUT2D eigenvalue weighted by atomic mass is 16.2. The minimum atomic E-state index is -0.900. The molecule has 3 N–H and O–H groups in total. The van der Waals surface area contributed by atoms with Gasteiger partial charge in [-0.15, -0.1) is 0 Å². The van der Waals surface area contributed by atoms with E-state index in [-0.39, 0.29) is 34.7 Å². The summed E-state index contributed by atoms with van der Waals surface area (Å²) in [7, 11) is 0. The Kier molecular flexibility index (Phi) is 9.06. The van der Waals surface area contributed by atoms with E-state index < -0.39 is 29.1 Å². The van der Waals surface area contributed by atoms with E-state index in [1.165, 1.54) is 0 Å². The first-order chi connectivity index (χ1) is 17.4. The highest BCUT2D eigenvalue weighted by Crippen LogP contribution is 2.40. The van der Waals surface area contributed by atoms with Crippen LogP contribution < -0.4 is 11.1 Å². The van der Waals surface area contributed by atoms with Gasteiger partial charge in [-0.1, -0.05) is 68.2 Å². The van der Waals surface area contributed by atoms with Gasteiger partial charge in [0.15, 0.2) is 0 Å². The van der Waals surface area contributed by atoms with Crippen LogP contribution in [0, 0.1) is 28.1 Å². The molecular formula is C30H52N4O4. The van der Waals surface area contributed by atoms with Crippen LogP contribution in [-0.4, -0.2) is 71.1 Å². The van der Waals surface area contributed by atoms with Crippen molar-refractivity contribution in [2.75, 3.05) is 19.6 Å². The SMILES string of the molecule is CC1(C)CCN(CC(NC(C(=O)N2CCCC2C(CC2CC2)C(=O)C(N)=O)C(C)(C)C)C(C)(C)C)C(=O)C1. The molecule has 38 heavy (non-hydrogen) atoms. The lowest BCUT2D eigenvalue weighted by Gasteiger charge is -2.45. The zero-order valence-corrected chi connectivity index (χ0v) is 25.1. The van der Waals surface area contributed by atoms with Gasteiger partial charge in [0.2, 0.25) is 17.6 Å². The van der Waals surface area contributed by atoms with E-state index in [0.29, 0.717) is 38.3 Å². The third-order valence-corrected chi connectivity index (χ3v) is 8.88. The lowest BCUT2D eigenvalue weighted by molar-refractivity contribution is -0.144. The molecule has 3 aliphatic rings. The molecule has 1 saturated carbocycles. The van der Waals surface area contributed by atoms with Crippen LogP contribution in [0.15, 0.2) is 0 Å². The monoisotopic (exact) mass is 532 g/mol. The number of piperidine rings is 1. The van der Waals surface area contributed by atoms with Gasteiger partial charge in [-0.2, -0.15) is 0 Å². The summed E-state index contributed by atoms with van der Waals surface area (Å²) in [5.74, 6) is -1.39. The minimum absolute atomic E-state index is 0.0201. The Labute approximate surface area is 229 Å². The summed E-state index contributed by atoms with van der Waals surface area (Å²) in [6.07, 6.45) is 5.77. The molecule has 216 valence electrons. The van der Waals surface area contributed by atoms with Crippen LogP contribution >= 0.6 is 0 Å². The summed E-state index contributed by atoms with van der Waals surface area (Å²) in [5.41, 5.74) is 4.87. The number of carbonyl (C=O) groups is 4. The molecular weight excluding hydrogens is 480 g/mol. The number of nitrogens with zero attached hydrogens (tertiary/aromatic N) is 2. The molecule has 2 aliphatic heterocycles. The molecule has 3 rings (SSSR count). The van der Waals surface area contributed by atoms with Crippen LogP contribution in [0.3, 0.4) is 0 Å². The van der Waals surface area contributed by atoms with E-state index in [1.807, 2.05) is 9.80 Å². The number of primary amides is 1.